The molecule has 0 unspecified atom stereocenters. The van der Waals surface area contributed by atoms with Crippen molar-refractivity contribution < 1.29 is 4.79 Å². The molecule has 0 bridgehead atoms. The molecule has 3 heterocycles. The number of hydrogen-bond acceptors (Lipinski definition) is 4. The number of thiophene rings is 2. The first-order valence-corrected chi connectivity index (χ1v) is 13.0. The summed E-state index contributed by atoms with van der Waals surface area (Å²) >= 11 is 3.55. The number of benzene rings is 1. The van der Waals surface area contributed by atoms with Crippen LogP contribution in [0, 0.1) is 0 Å². The van der Waals surface area contributed by atoms with Crippen LogP contribution in [-0.4, -0.2) is 47.9 Å². The van der Waals surface area contributed by atoms with E-state index in [1.165, 1.54) is 71.3 Å². The summed E-state index contributed by atoms with van der Waals surface area (Å²) in [5.41, 5.74) is 2.47. The maximum atomic E-state index is 13.4. The van der Waals surface area contributed by atoms with Gasteiger partial charge in [-0.2, -0.15) is 0 Å². The Morgan fingerprint density at radius 1 is 1.06 bits per heavy atom. The van der Waals surface area contributed by atoms with Crippen molar-refractivity contribution in [3.05, 3.63) is 46.7 Å². The molecule has 0 spiro atoms. The fourth-order valence-corrected chi connectivity index (χ4v) is 7.31. The summed E-state index contributed by atoms with van der Waals surface area (Å²) in [4.78, 5) is 19.4. The van der Waals surface area contributed by atoms with E-state index in [9.17, 15) is 4.79 Å². The zero-order valence-electron chi connectivity index (χ0n) is 18.1. The number of hydrogen-bond donors (Lipinski definition) is 0. The van der Waals surface area contributed by atoms with Crippen molar-refractivity contribution in [1.82, 2.24) is 9.80 Å². The van der Waals surface area contributed by atoms with Crippen LogP contribution in [-0.2, 0) is 11.2 Å². The number of amides is 1. The van der Waals surface area contributed by atoms with E-state index in [1.807, 2.05) is 7.05 Å². The molecule has 1 aromatic carbocycles. The average Bonchev–Trinajstić information content (AvgIpc) is 3.54. The van der Waals surface area contributed by atoms with Crippen LogP contribution in [0.2, 0.25) is 0 Å². The predicted molar refractivity (Wildman–Crippen MR) is 136 cm³/mol. The number of carbonyl (C=O) groups excluding carboxylic acids is 1. The lowest BCUT2D eigenvalue weighted by Crippen LogP contribution is -2.53. The lowest BCUT2D eigenvalue weighted by Gasteiger charge is -2.42. The van der Waals surface area contributed by atoms with Crippen LogP contribution in [0.4, 0.5) is 0 Å². The van der Waals surface area contributed by atoms with E-state index in [2.05, 4.69) is 50.9 Å². The molecule has 2 aromatic heterocycles. The van der Waals surface area contributed by atoms with Crippen molar-refractivity contribution in [1.29, 1.82) is 0 Å². The van der Waals surface area contributed by atoms with Crippen molar-refractivity contribution in [3.63, 3.8) is 0 Å². The van der Waals surface area contributed by atoms with Gasteiger partial charge < -0.3 is 4.90 Å². The third-order valence-electron chi connectivity index (χ3n) is 7.00. The SMILES string of the molecule is CN(C(=O)Cc1cccc2c(-c3cccs3)csc12)[C@@H]1CCCC[C@H]1N1CCCC1.Cl. The molecule has 166 valence electrons. The number of fused-ring (bicyclic) bond motifs is 1. The van der Waals surface area contributed by atoms with Crippen molar-refractivity contribution in [2.75, 3.05) is 20.1 Å². The number of carbonyl (C=O) groups is 1. The molecule has 0 N–H and O–H groups in total. The van der Waals surface area contributed by atoms with Crippen LogP contribution >= 0.6 is 35.1 Å². The number of likely N-dealkylation sites (N-methyl/N-ethyl adjacent to an activating group) is 1. The molecule has 0 radical (unpaired) electrons. The molecule has 1 aliphatic carbocycles. The highest BCUT2D eigenvalue weighted by Gasteiger charge is 2.35. The van der Waals surface area contributed by atoms with Crippen LogP contribution < -0.4 is 0 Å². The number of rotatable bonds is 5. The second-order valence-corrected chi connectivity index (χ2v) is 10.6. The largest absolute Gasteiger partial charge is 0.341 e. The van der Waals surface area contributed by atoms with Gasteiger partial charge in [0, 0.05) is 45.0 Å². The third kappa shape index (κ3) is 4.56. The molecule has 2 atom stereocenters. The maximum absolute atomic E-state index is 13.4. The van der Waals surface area contributed by atoms with Gasteiger partial charge in [-0.1, -0.05) is 37.1 Å². The summed E-state index contributed by atoms with van der Waals surface area (Å²) in [7, 11) is 2.05. The van der Waals surface area contributed by atoms with E-state index in [1.54, 1.807) is 22.7 Å². The molecule has 1 saturated heterocycles. The highest BCUT2D eigenvalue weighted by Crippen LogP contribution is 2.38. The molecule has 1 aliphatic heterocycles. The van der Waals surface area contributed by atoms with Gasteiger partial charge in [0.1, 0.15) is 0 Å². The van der Waals surface area contributed by atoms with E-state index in [0.717, 1.165) is 6.42 Å². The van der Waals surface area contributed by atoms with Gasteiger partial charge in [-0.15, -0.1) is 35.1 Å². The van der Waals surface area contributed by atoms with Crippen molar-refractivity contribution in [3.8, 4) is 10.4 Å². The van der Waals surface area contributed by atoms with Crippen molar-refractivity contribution in [2.45, 2.75) is 57.0 Å². The van der Waals surface area contributed by atoms with Gasteiger partial charge in [0.15, 0.2) is 0 Å². The first-order valence-electron chi connectivity index (χ1n) is 11.2. The normalized spacial score (nSPS) is 21.8. The summed E-state index contributed by atoms with van der Waals surface area (Å²) in [5, 5.41) is 5.66. The van der Waals surface area contributed by atoms with Crippen LogP contribution in [0.25, 0.3) is 20.5 Å². The Balaban J connectivity index is 0.00000231. The van der Waals surface area contributed by atoms with E-state index in [4.69, 9.17) is 0 Å². The van der Waals surface area contributed by atoms with Gasteiger partial charge in [0.2, 0.25) is 5.91 Å². The predicted octanol–water partition coefficient (Wildman–Crippen LogP) is 6.46. The highest BCUT2D eigenvalue weighted by atomic mass is 35.5. The summed E-state index contributed by atoms with van der Waals surface area (Å²) in [6.07, 6.45) is 8.07. The summed E-state index contributed by atoms with van der Waals surface area (Å²) in [5.74, 6) is 0.268. The average molecular weight is 475 g/mol. The monoisotopic (exact) mass is 474 g/mol. The van der Waals surface area contributed by atoms with E-state index >= 15 is 0 Å². The highest BCUT2D eigenvalue weighted by molar-refractivity contribution is 7.19. The minimum Gasteiger partial charge on any atom is -0.341 e. The van der Waals surface area contributed by atoms with Crippen LogP contribution in [0.5, 0.6) is 0 Å². The second-order valence-electron chi connectivity index (χ2n) is 8.76. The second kappa shape index (κ2) is 10.0. The molecule has 3 aromatic rings. The number of likely N-dealkylation sites (tertiary alicyclic amines) is 1. The lowest BCUT2D eigenvalue weighted by atomic mass is 9.88. The van der Waals surface area contributed by atoms with Crippen molar-refractivity contribution in [2.24, 2.45) is 0 Å². The van der Waals surface area contributed by atoms with Gasteiger partial charge in [-0.05, 0) is 55.8 Å². The molecule has 3 nitrogen and oxygen atoms in total. The van der Waals surface area contributed by atoms with Gasteiger partial charge >= 0.3 is 0 Å². The first-order chi connectivity index (χ1) is 14.7. The van der Waals surface area contributed by atoms with Gasteiger partial charge in [0.05, 0.1) is 6.42 Å². The molecular weight excluding hydrogens is 444 g/mol. The fraction of sp³-hybridized carbons (Fsp3) is 0.480. The molecule has 2 aliphatic rings. The minimum absolute atomic E-state index is 0. The maximum Gasteiger partial charge on any atom is 0.227 e. The standard InChI is InChI=1S/C25H30N2OS2.ClH/c1-26(21-10-2-3-11-22(21)27-13-4-5-14-27)24(28)16-18-8-6-9-19-20(17-30-25(18)19)23-12-7-15-29-23;/h6-9,12,15,17,21-22H,2-5,10-11,13-14,16H2,1H3;1H/t21-,22-;/m1./s1. The van der Waals surface area contributed by atoms with E-state index in [0.29, 0.717) is 18.5 Å². The van der Waals surface area contributed by atoms with Crippen LogP contribution in [0.3, 0.4) is 0 Å². The summed E-state index contributed by atoms with van der Waals surface area (Å²) in [6.45, 7) is 2.42. The van der Waals surface area contributed by atoms with Crippen molar-refractivity contribution >= 4 is 51.1 Å². The molecule has 1 amide bonds. The van der Waals surface area contributed by atoms with Crippen LogP contribution in [0.1, 0.15) is 44.1 Å². The van der Waals surface area contributed by atoms with Gasteiger partial charge in [-0.3, -0.25) is 9.69 Å². The Morgan fingerprint density at radius 3 is 2.65 bits per heavy atom. The lowest BCUT2D eigenvalue weighted by molar-refractivity contribution is -0.133. The Morgan fingerprint density at radius 2 is 1.87 bits per heavy atom. The molecule has 5 rings (SSSR count). The Labute approximate surface area is 199 Å². The molecule has 1 saturated carbocycles. The first kappa shape index (κ1) is 22.8. The zero-order chi connectivity index (χ0) is 20.5. The summed E-state index contributed by atoms with van der Waals surface area (Å²) in [6, 6.07) is 11.7. The van der Waals surface area contributed by atoms with Crippen LogP contribution in [0.15, 0.2) is 41.1 Å². The van der Waals surface area contributed by atoms with Gasteiger partial charge in [0.25, 0.3) is 0 Å². The third-order valence-corrected chi connectivity index (χ3v) is 8.98. The Kier molecular flexibility index (Phi) is 7.37. The number of nitrogens with zero attached hydrogens (tertiary/aromatic N) is 2. The Bertz CT molecular complexity index is 1010. The minimum atomic E-state index is 0. The number of halogens is 1. The van der Waals surface area contributed by atoms with E-state index < -0.39 is 0 Å². The zero-order valence-corrected chi connectivity index (χ0v) is 20.5. The fourth-order valence-electron chi connectivity index (χ4n) is 5.39. The van der Waals surface area contributed by atoms with E-state index in [-0.39, 0.29) is 18.3 Å². The van der Waals surface area contributed by atoms with Gasteiger partial charge in [-0.25, -0.2) is 0 Å². The molecular formula is C25H31ClN2OS2. The Hall–Kier alpha value is -1.40. The summed E-state index contributed by atoms with van der Waals surface area (Å²) < 4.78 is 1.27. The molecule has 31 heavy (non-hydrogen) atoms. The quantitative estimate of drug-likeness (QED) is 0.423. The smallest absolute Gasteiger partial charge is 0.227 e. The molecule has 6 heteroatoms. The molecule has 2 fully saturated rings. The topological polar surface area (TPSA) is 23.6 Å².